The van der Waals surface area contributed by atoms with Gasteiger partial charge in [-0.05, 0) is 19.9 Å². The molecule has 0 aromatic heterocycles. The molecule has 0 amide bonds. The molecule has 0 aliphatic carbocycles. The third kappa shape index (κ3) is 4.24. The first-order valence-corrected chi connectivity index (χ1v) is 4.23. The lowest BCUT2D eigenvalue weighted by Crippen LogP contribution is -2.24. The molecule has 1 aliphatic heterocycles. The molecule has 0 aromatic rings. The lowest BCUT2D eigenvalue weighted by atomic mass is 10.1. The van der Waals surface area contributed by atoms with Crippen molar-refractivity contribution in [2.75, 3.05) is 20.2 Å². The Morgan fingerprint density at radius 2 is 2.42 bits per heavy atom. The van der Waals surface area contributed by atoms with Gasteiger partial charge in [-0.15, -0.1) is 12.4 Å². The van der Waals surface area contributed by atoms with Gasteiger partial charge in [0.15, 0.2) is 0 Å². The van der Waals surface area contributed by atoms with Crippen molar-refractivity contribution in [3.8, 4) is 0 Å². The Morgan fingerprint density at radius 1 is 1.67 bits per heavy atom. The number of ether oxygens (including phenoxy) is 1. The minimum absolute atomic E-state index is 0. The van der Waals surface area contributed by atoms with Gasteiger partial charge in [-0.2, -0.15) is 0 Å². The summed E-state index contributed by atoms with van der Waals surface area (Å²) >= 11 is 0. The van der Waals surface area contributed by atoms with Crippen molar-refractivity contribution in [2.45, 2.75) is 31.5 Å². The largest absolute Gasteiger partial charge is 0.378 e. The van der Waals surface area contributed by atoms with Gasteiger partial charge in [-0.25, -0.2) is 4.39 Å². The smallest absolute Gasteiger partial charge is 0.115 e. The minimum atomic E-state index is -0.747. The summed E-state index contributed by atoms with van der Waals surface area (Å²) in [5.74, 6) is 0. The van der Waals surface area contributed by atoms with Gasteiger partial charge in [-0.1, -0.05) is 0 Å². The van der Waals surface area contributed by atoms with E-state index in [2.05, 4.69) is 5.32 Å². The summed E-state index contributed by atoms with van der Waals surface area (Å²) < 4.78 is 18.2. The lowest BCUT2D eigenvalue weighted by Gasteiger charge is -2.12. The standard InChI is InChI=1S/C8H16FNO.ClH/c1-10-6-7(9)5-8-3-2-4-11-8;/h7-8,10H,2-6H2,1H3;1H. The molecule has 12 heavy (non-hydrogen) atoms. The molecule has 0 bridgehead atoms. The predicted molar refractivity (Wildman–Crippen MR) is 49.7 cm³/mol. The maximum atomic E-state index is 12.9. The fourth-order valence-electron chi connectivity index (χ4n) is 1.42. The normalized spacial score (nSPS) is 25.0. The molecule has 2 unspecified atom stereocenters. The van der Waals surface area contributed by atoms with Gasteiger partial charge in [0.1, 0.15) is 6.17 Å². The third-order valence-electron chi connectivity index (χ3n) is 1.97. The zero-order valence-corrected chi connectivity index (χ0v) is 8.20. The van der Waals surface area contributed by atoms with Crippen molar-refractivity contribution >= 4 is 12.4 Å². The van der Waals surface area contributed by atoms with Crippen LogP contribution in [0.1, 0.15) is 19.3 Å². The second kappa shape index (κ2) is 6.63. The van der Waals surface area contributed by atoms with Gasteiger partial charge in [0.25, 0.3) is 0 Å². The van der Waals surface area contributed by atoms with E-state index in [0.717, 1.165) is 19.4 Å². The zero-order chi connectivity index (χ0) is 8.10. The summed E-state index contributed by atoms with van der Waals surface area (Å²) in [5, 5.41) is 2.81. The number of alkyl halides is 1. The van der Waals surface area contributed by atoms with Crippen LogP contribution in [0, 0.1) is 0 Å². The molecule has 74 valence electrons. The molecule has 1 rings (SSSR count). The van der Waals surface area contributed by atoms with E-state index in [1.54, 1.807) is 7.05 Å². The van der Waals surface area contributed by atoms with Crippen LogP contribution in [-0.4, -0.2) is 32.5 Å². The Morgan fingerprint density at radius 3 is 2.92 bits per heavy atom. The molecule has 0 aromatic carbocycles. The summed E-state index contributed by atoms with van der Waals surface area (Å²) in [5.41, 5.74) is 0. The molecule has 1 fully saturated rings. The van der Waals surface area contributed by atoms with Crippen molar-refractivity contribution in [3.05, 3.63) is 0 Å². The van der Waals surface area contributed by atoms with Crippen LogP contribution in [-0.2, 0) is 4.74 Å². The molecule has 2 nitrogen and oxygen atoms in total. The van der Waals surface area contributed by atoms with E-state index in [1.807, 2.05) is 0 Å². The van der Waals surface area contributed by atoms with E-state index in [4.69, 9.17) is 4.74 Å². The maximum Gasteiger partial charge on any atom is 0.115 e. The van der Waals surface area contributed by atoms with Crippen LogP contribution >= 0.6 is 12.4 Å². The van der Waals surface area contributed by atoms with Gasteiger partial charge in [0.05, 0.1) is 6.10 Å². The van der Waals surface area contributed by atoms with Crippen LogP contribution in [0.5, 0.6) is 0 Å². The molecule has 1 heterocycles. The number of nitrogens with one attached hydrogen (secondary N) is 1. The fraction of sp³-hybridized carbons (Fsp3) is 1.00. The highest BCUT2D eigenvalue weighted by Gasteiger charge is 2.19. The average Bonchev–Trinajstić information content (AvgIpc) is 2.40. The molecule has 4 heteroatoms. The van der Waals surface area contributed by atoms with Crippen LogP contribution in [0.4, 0.5) is 4.39 Å². The third-order valence-corrected chi connectivity index (χ3v) is 1.97. The van der Waals surface area contributed by atoms with Gasteiger partial charge in [0, 0.05) is 19.6 Å². The van der Waals surface area contributed by atoms with Gasteiger partial charge in [-0.3, -0.25) is 0 Å². The van der Waals surface area contributed by atoms with Gasteiger partial charge < -0.3 is 10.1 Å². The van der Waals surface area contributed by atoms with Crippen molar-refractivity contribution < 1.29 is 9.13 Å². The molecule has 2 atom stereocenters. The maximum absolute atomic E-state index is 12.9. The average molecular weight is 198 g/mol. The monoisotopic (exact) mass is 197 g/mol. The van der Waals surface area contributed by atoms with Crippen molar-refractivity contribution in [3.63, 3.8) is 0 Å². The first-order chi connectivity index (χ1) is 5.33. The van der Waals surface area contributed by atoms with E-state index in [1.165, 1.54) is 0 Å². The molecular weight excluding hydrogens is 181 g/mol. The molecule has 0 saturated carbocycles. The topological polar surface area (TPSA) is 21.3 Å². The van der Waals surface area contributed by atoms with Crippen molar-refractivity contribution in [1.29, 1.82) is 0 Å². The Hall–Kier alpha value is 0.140. The second-order valence-corrected chi connectivity index (χ2v) is 3.03. The highest BCUT2D eigenvalue weighted by molar-refractivity contribution is 5.85. The Labute approximate surface area is 79.3 Å². The summed E-state index contributed by atoms with van der Waals surface area (Å²) in [6, 6.07) is 0. The van der Waals surface area contributed by atoms with E-state index >= 15 is 0 Å². The first kappa shape index (κ1) is 12.1. The van der Waals surface area contributed by atoms with E-state index in [-0.39, 0.29) is 18.5 Å². The van der Waals surface area contributed by atoms with Gasteiger partial charge in [0.2, 0.25) is 0 Å². The van der Waals surface area contributed by atoms with Crippen LogP contribution < -0.4 is 5.32 Å². The van der Waals surface area contributed by atoms with Crippen LogP contribution in [0.3, 0.4) is 0 Å². The Balaban J connectivity index is 0.00000121. The quantitative estimate of drug-likeness (QED) is 0.738. The Kier molecular flexibility index (Phi) is 6.71. The highest BCUT2D eigenvalue weighted by Crippen LogP contribution is 2.17. The molecule has 1 N–H and O–H groups in total. The first-order valence-electron chi connectivity index (χ1n) is 4.23. The Bertz CT molecular complexity index is 109. The number of halogens is 2. The van der Waals surface area contributed by atoms with Crippen LogP contribution in [0.15, 0.2) is 0 Å². The predicted octanol–water partition coefficient (Wildman–Crippen LogP) is 1.53. The second-order valence-electron chi connectivity index (χ2n) is 3.03. The molecule has 0 spiro atoms. The zero-order valence-electron chi connectivity index (χ0n) is 7.38. The number of hydrogen-bond acceptors (Lipinski definition) is 2. The summed E-state index contributed by atoms with van der Waals surface area (Å²) in [7, 11) is 1.77. The van der Waals surface area contributed by atoms with Crippen molar-refractivity contribution in [1.82, 2.24) is 5.32 Å². The summed E-state index contributed by atoms with van der Waals surface area (Å²) in [4.78, 5) is 0. The fourth-order valence-corrected chi connectivity index (χ4v) is 1.42. The van der Waals surface area contributed by atoms with Crippen molar-refractivity contribution in [2.24, 2.45) is 0 Å². The van der Waals surface area contributed by atoms with Crippen LogP contribution in [0.25, 0.3) is 0 Å². The van der Waals surface area contributed by atoms with E-state index in [9.17, 15) is 4.39 Å². The van der Waals surface area contributed by atoms with Gasteiger partial charge >= 0.3 is 0 Å². The molecule has 1 aliphatic rings. The van der Waals surface area contributed by atoms with Crippen LogP contribution in [0.2, 0.25) is 0 Å². The highest BCUT2D eigenvalue weighted by atomic mass is 35.5. The summed E-state index contributed by atoms with van der Waals surface area (Å²) in [6.07, 6.45) is 2.11. The number of hydrogen-bond donors (Lipinski definition) is 1. The SMILES string of the molecule is CNCC(F)CC1CCCO1.Cl. The molecule has 1 saturated heterocycles. The van der Waals surface area contributed by atoms with E-state index < -0.39 is 6.17 Å². The van der Waals surface area contributed by atoms with E-state index in [0.29, 0.717) is 13.0 Å². The molecular formula is C8H17ClFNO. The minimum Gasteiger partial charge on any atom is -0.378 e. The molecule has 0 radical (unpaired) electrons. The lowest BCUT2D eigenvalue weighted by molar-refractivity contribution is 0.0812. The number of rotatable bonds is 4. The summed E-state index contributed by atoms with van der Waals surface area (Å²) in [6.45, 7) is 1.26.